The van der Waals surface area contributed by atoms with Crippen molar-refractivity contribution in [2.75, 3.05) is 24.6 Å². The number of anilines is 1. The van der Waals surface area contributed by atoms with Gasteiger partial charge in [-0.2, -0.15) is 10.4 Å². The summed E-state index contributed by atoms with van der Waals surface area (Å²) in [6, 6.07) is 14.8. The molecule has 5 nitrogen and oxygen atoms in total. The maximum atomic E-state index is 9.51. The zero-order chi connectivity index (χ0) is 16.8. The molecule has 0 bridgehead atoms. The molecule has 0 saturated carbocycles. The Kier molecular flexibility index (Phi) is 6.03. The minimum atomic E-state index is -0.360. The Morgan fingerprint density at radius 2 is 2.00 bits per heavy atom. The molecule has 2 heterocycles. The van der Waals surface area contributed by atoms with Crippen molar-refractivity contribution in [2.24, 2.45) is 5.41 Å². The molecule has 1 aromatic heterocycles. The van der Waals surface area contributed by atoms with Crippen LogP contribution in [-0.4, -0.2) is 29.5 Å². The highest BCUT2D eigenvalue weighted by Gasteiger charge is 2.36. The quantitative estimate of drug-likeness (QED) is 0.487. The molecule has 2 aromatic rings. The molecule has 0 atom stereocenters. The molecule has 1 aliphatic heterocycles. The molecule has 3 rings (SSSR count). The van der Waals surface area contributed by atoms with E-state index in [0.29, 0.717) is 6.61 Å². The van der Waals surface area contributed by atoms with Crippen LogP contribution in [0.2, 0.25) is 0 Å². The van der Waals surface area contributed by atoms with Crippen LogP contribution in [0.25, 0.3) is 0 Å². The maximum absolute atomic E-state index is 9.51. The Labute approximate surface area is 158 Å². The molecule has 0 amide bonds. The Bertz CT molecular complexity index is 692. The van der Waals surface area contributed by atoms with Gasteiger partial charge in [-0.05, 0) is 18.4 Å². The van der Waals surface area contributed by atoms with Crippen molar-refractivity contribution in [3.63, 3.8) is 0 Å². The third-order valence-electron chi connectivity index (χ3n) is 4.48. The SMILES string of the molecule is N#CC1(COSI)CCN(c2ccn(Cc3ccccc3)n2)CC1. The van der Waals surface area contributed by atoms with Crippen LogP contribution < -0.4 is 4.90 Å². The molecule has 0 radical (unpaired) electrons. The first kappa shape index (κ1) is 17.6. The Balaban J connectivity index is 1.60. The van der Waals surface area contributed by atoms with Gasteiger partial charge in [0, 0.05) is 46.6 Å². The van der Waals surface area contributed by atoms with E-state index in [1.54, 1.807) is 0 Å². The fourth-order valence-electron chi connectivity index (χ4n) is 2.97. The second-order valence-electron chi connectivity index (χ2n) is 6.06. The summed E-state index contributed by atoms with van der Waals surface area (Å²) < 4.78 is 7.39. The maximum Gasteiger partial charge on any atom is 0.150 e. The lowest BCUT2D eigenvalue weighted by Gasteiger charge is -2.36. The number of halogens is 1. The average Bonchev–Trinajstić information content (AvgIpc) is 3.10. The first-order valence-electron chi connectivity index (χ1n) is 7.88. The first-order valence-corrected chi connectivity index (χ1v) is 11.2. The molecule has 0 aliphatic carbocycles. The molecule has 1 aromatic carbocycles. The first-order chi connectivity index (χ1) is 11.7. The lowest BCUT2D eigenvalue weighted by Crippen LogP contribution is -2.41. The highest BCUT2D eigenvalue weighted by molar-refractivity contribution is 14.2. The fraction of sp³-hybridized carbons (Fsp3) is 0.412. The molecule has 1 aliphatic rings. The number of rotatable bonds is 6. The van der Waals surface area contributed by atoms with Crippen molar-refractivity contribution < 1.29 is 4.18 Å². The number of aromatic nitrogens is 2. The number of nitriles is 1. The summed E-state index contributed by atoms with van der Waals surface area (Å²) in [4.78, 5) is 2.26. The molecule has 0 N–H and O–H groups in total. The Hall–Kier alpha value is -1.24. The lowest BCUT2D eigenvalue weighted by molar-refractivity contribution is 0.189. The van der Waals surface area contributed by atoms with E-state index in [4.69, 9.17) is 4.18 Å². The van der Waals surface area contributed by atoms with Gasteiger partial charge in [0.25, 0.3) is 0 Å². The van der Waals surface area contributed by atoms with E-state index in [-0.39, 0.29) is 5.41 Å². The van der Waals surface area contributed by atoms with Crippen LogP contribution in [0.1, 0.15) is 18.4 Å². The standard InChI is InChI=1S/C17H19IN4OS/c18-24-23-14-17(13-19)7-10-21(11-8-17)16-6-9-22(20-16)12-15-4-2-1-3-5-15/h1-6,9H,7-8,10-12,14H2. The number of benzene rings is 1. The van der Waals surface area contributed by atoms with Gasteiger partial charge in [-0.1, -0.05) is 30.3 Å². The van der Waals surface area contributed by atoms with E-state index in [2.05, 4.69) is 55.5 Å². The molecule has 24 heavy (non-hydrogen) atoms. The zero-order valence-corrected chi connectivity index (χ0v) is 16.2. The Morgan fingerprint density at radius 3 is 2.67 bits per heavy atom. The van der Waals surface area contributed by atoms with Gasteiger partial charge in [-0.15, -0.1) is 0 Å². The molecule has 1 saturated heterocycles. The number of piperidine rings is 1. The molecule has 0 spiro atoms. The number of nitrogens with zero attached hydrogens (tertiary/aromatic N) is 4. The summed E-state index contributed by atoms with van der Waals surface area (Å²) in [6.07, 6.45) is 3.64. The molecule has 7 heteroatoms. The summed E-state index contributed by atoms with van der Waals surface area (Å²) in [5, 5.41) is 14.2. The zero-order valence-electron chi connectivity index (χ0n) is 13.3. The van der Waals surface area contributed by atoms with Crippen molar-refractivity contribution in [2.45, 2.75) is 19.4 Å². The summed E-state index contributed by atoms with van der Waals surface area (Å²) in [7, 11) is 1.30. The summed E-state index contributed by atoms with van der Waals surface area (Å²) in [5.74, 6) is 0.988. The van der Waals surface area contributed by atoms with Crippen LogP contribution >= 0.6 is 30.4 Å². The lowest BCUT2D eigenvalue weighted by atomic mass is 9.81. The van der Waals surface area contributed by atoms with Crippen molar-refractivity contribution in [3.05, 3.63) is 48.2 Å². The van der Waals surface area contributed by atoms with Gasteiger partial charge < -0.3 is 9.08 Å². The van der Waals surface area contributed by atoms with E-state index in [9.17, 15) is 5.26 Å². The molecular formula is C17H19IN4OS. The van der Waals surface area contributed by atoms with Crippen molar-refractivity contribution >= 4 is 36.2 Å². The van der Waals surface area contributed by atoms with Crippen LogP contribution in [-0.2, 0) is 10.7 Å². The molecular weight excluding hydrogens is 435 g/mol. The third kappa shape index (κ3) is 4.23. The van der Waals surface area contributed by atoms with E-state index in [1.807, 2.05) is 29.1 Å². The average molecular weight is 454 g/mol. The Morgan fingerprint density at radius 1 is 1.25 bits per heavy atom. The largest absolute Gasteiger partial charge is 0.355 e. The van der Waals surface area contributed by atoms with Gasteiger partial charge in [-0.25, -0.2) is 0 Å². The van der Waals surface area contributed by atoms with Gasteiger partial charge >= 0.3 is 0 Å². The van der Waals surface area contributed by atoms with Gasteiger partial charge in [0.15, 0.2) is 5.82 Å². The highest BCUT2D eigenvalue weighted by atomic mass is 127. The predicted octanol–water partition coefficient (Wildman–Crippen LogP) is 4.06. The van der Waals surface area contributed by atoms with Gasteiger partial charge in [0.1, 0.15) is 0 Å². The monoisotopic (exact) mass is 454 g/mol. The topological polar surface area (TPSA) is 54.1 Å². The van der Waals surface area contributed by atoms with Crippen molar-refractivity contribution in [3.8, 4) is 6.07 Å². The van der Waals surface area contributed by atoms with Gasteiger partial charge in [0.05, 0.1) is 33.8 Å². The highest BCUT2D eigenvalue weighted by Crippen LogP contribution is 2.34. The smallest absolute Gasteiger partial charge is 0.150 e. The van der Waals surface area contributed by atoms with Crippen LogP contribution in [0.3, 0.4) is 0 Å². The molecule has 126 valence electrons. The van der Waals surface area contributed by atoms with Crippen LogP contribution in [0.5, 0.6) is 0 Å². The van der Waals surface area contributed by atoms with Gasteiger partial charge in [-0.3, -0.25) is 4.68 Å². The minimum Gasteiger partial charge on any atom is -0.355 e. The van der Waals surface area contributed by atoms with E-state index < -0.39 is 0 Å². The van der Waals surface area contributed by atoms with Crippen LogP contribution in [0, 0.1) is 16.7 Å². The van der Waals surface area contributed by atoms with E-state index in [0.717, 1.165) is 38.3 Å². The van der Waals surface area contributed by atoms with E-state index in [1.165, 1.54) is 14.8 Å². The van der Waals surface area contributed by atoms with Gasteiger partial charge in [0.2, 0.25) is 0 Å². The normalized spacial score (nSPS) is 16.8. The van der Waals surface area contributed by atoms with Crippen LogP contribution in [0.4, 0.5) is 5.82 Å². The summed E-state index contributed by atoms with van der Waals surface area (Å²) in [6.45, 7) is 2.95. The molecule has 0 unspecified atom stereocenters. The second-order valence-corrected chi connectivity index (χ2v) is 7.50. The second kappa shape index (κ2) is 8.23. The van der Waals surface area contributed by atoms with E-state index >= 15 is 0 Å². The fourth-order valence-corrected chi connectivity index (χ4v) is 3.62. The third-order valence-corrected chi connectivity index (χ3v) is 5.45. The van der Waals surface area contributed by atoms with Crippen molar-refractivity contribution in [1.82, 2.24) is 9.78 Å². The minimum absolute atomic E-state index is 0.360. The number of hydrogen-bond acceptors (Lipinski definition) is 5. The van der Waals surface area contributed by atoms with Crippen LogP contribution in [0.15, 0.2) is 42.6 Å². The summed E-state index contributed by atoms with van der Waals surface area (Å²) >= 11 is 2.09. The predicted molar refractivity (Wildman–Crippen MR) is 105 cm³/mol. The summed E-state index contributed by atoms with van der Waals surface area (Å²) in [5.41, 5.74) is 0.879. The number of hydrogen-bond donors (Lipinski definition) is 0. The molecule has 1 fully saturated rings. The van der Waals surface area contributed by atoms with Crippen molar-refractivity contribution in [1.29, 1.82) is 5.26 Å².